The molecule has 32 heavy (non-hydrogen) atoms. The van der Waals surface area contributed by atoms with Gasteiger partial charge in [-0.25, -0.2) is 9.97 Å². The van der Waals surface area contributed by atoms with Gasteiger partial charge in [0.05, 0.1) is 6.10 Å². The second-order valence-electron chi connectivity index (χ2n) is 8.06. The minimum absolute atomic E-state index is 0.210. The number of hydrogen-bond acceptors (Lipinski definition) is 8. The van der Waals surface area contributed by atoms with Crippen LogP contribution in [-0.2, 0) is 4.74 Å². The van der Waals surface area contributed by atoms with Gasteiger partial charge in [-0.15, -0.1) is 0 Å². The van der Waals surface area contributed by atoms with E-state index in [1.54, 1.807) is 13.3 Å². The summed E-state index contributed by atoms with van der Waals surface area (Å²) >= 11 is 0. The van der Waals surface area contributed by atoms with Gasteiger partial charge in [-0.05, 0) is 44.0 Å². The number of nitrogens with zero attached hydrogens (tertiary/aromatic N) is 6. The van der Waals surface area contributed by atoms with Gasteiger partial charge in [0, 0.05) is 62.3 Å². The van der Waals surface area contributed by atoms with Crippen LogP contribution in [0.4, 0.5) is 29.1 Å². The van der Waals surface area contributed by atoms with E-state index in [-0.39, 0.29) is 6.10 Å². The number of fused-ring (bicyclic) bond motifs is 1. The van der Waals surface area contributed by atoms with Crippen molar-refractivity contribution in [3.63, 3.8) is 0 Å². The molecule has 0 saturated carbocycles. The quantitative estimate of drug-likeness (QED) is 0.477. The lowest BCUT2D eigenvalue weighted by molar-refractivity contribution is 0.121. The number of anilines is 5. The highest BCUT2D eigenvalue weighted by Crippen LogP contribution is 2.26. The molecule has 1 unspecified atom stereocenters. The van der Waals surface area contributed by atoms with E-state index >= 15 is 0 Å². The van der Waals surface area contributed by atoms with Crippen LogP contribution < -0.4 is 15.5 Å². The predicted octanol–water partition coefficient (Wildman–Crippen LogP) is 3.85. The smallest absolute Gasteiger partial charge is 0.232 e. The van der Waals surface area contributed by atoms with Crippen molar-refractivity contribution in [2.24, 2.45) is 0 Å². The lowest BCUT2D eigenvalue weighted by Crippen LogP contribution is -2.23. The van der Waals surface area contributed by atoms with Gasteiger partial charge in [0.25, 0.3) is 0 Å². The molecule has 0 amide bonds. The van der Waals surface area contributed by atoms with E-state index in [1.807, 2.05) is 61.0 Å². The molecule has 1 aliphatic rings. The van der Waals surface area contributed by atoms with E-state index in [4.69, 9.17) is 14.7 Å². The van der Waals surface area contributed by atoms with Crippen LogP contribution in [0.2, 0.25) is 0 Å². The molecule has 1 fully saturated rings. The van der Waals surface area contributed by atoms with Gasteiger partial charge in [-0.3, -0.25) is 0 Å². The summed E-state index contributed by atoms with van der Waals surface area (Å²) in [5.41, 5.74) is 3.84. The predicted molar refractivity (Wildman–Crippen MR) is 125 cm³/mol. The van der Waals surface area contributed by atoms with E-state index in [0.717, 1.165) is 53.7 Å². The number of methoxy groups -OCH3 is 1. The van der Waals surface area contributed by atoms with Crippen molar-refractivity contribution >= 4 is 34.7 Å². The summed E-state index contributed by atoms with van der Waals surface area (Å²) < 4.78 is 7.50. The first-order chi connectivity index (χ1) is 15.6. The second-order valence-corrected chi connectivity index (χ2v) is 8.06. The molecule has 5 rings (SSSR count). The average Bonchev–Trinajstić information content (AvgIpc) is 3.42. The number of pyridine rings is 2. The first-order valence-corrected chi connectivity index (χ1v) is 10.6. The van der Waals surface area contributed by atoms with Crippen molar-refractivity contribution in [2.45, 2.75) is 26.4 Å². The Balaban J connectivity index is 1.48. The van der Waals surface area contributed by atoms with Crippen molar-refractivity contribution in [1.82, 2.24) is 24.3 Å². The summed E-state index contributed by atoms with van der Waals surface area (Å²) in [4.78, 5) is 20.6. The first-order valence-electron chi connectivity index (χ1n) is 10.6. The first kappa shape index (κ1) is 20.2. The maximum atomic E-state index is 5.54. The van der Waals surface area contributed by atoms with E-state index in [0.29, 0.717) is 11.8 Å². The van der Waals surface area contributed by atoms with Crippen molar-refractivity contribution in [3.8, 4) is 0 Å². The summed E-state index contributed by atoms with van der Waals surface area (Å²) in [7, 11) is 1.76. The zero-order valence-electron chi connectivity index (χ0n) is 18.4. The van der Waals surface area contributed by atoms with Crippen molar-refractivity contribution in [2.75, 3.05) is 35.7 Å². The second kappa shape index (κ2) is 8.43. The van der Waals surface area contributed by atoms with Crippen LogP contribution in [-0.4, -0.2) is 50.6 Å². The molecule has 1 atom stereocenters. The molecule has 0 aromatic carbocycles. The number of aromatic nitrogens is 5. The van der Waals surface area contributed by atoms with Crippen molar-refractivity contribution in [3.05, 3.63) is 60.2 Å². The van der Waals surface area contributed by atoms with Gasteiger partial charge in [-0.1, -0.05) is 0 Å². The molecule has 9 nitrogen and oxygen atoms in total. The van der Waals surface area contributed by atoms with Crippen LogP contribution in [0.5, 0.6) is 0 Å². The lowest BCUT2D eigenvalue weighted by atomic mass is 10.2. The number of imidazole rings is 1. The highest BCUT2D eigenvalue weighted by Gasteiger charge is 2.24. The van der Waals surface area contributed by atoms with Gasteiger partial charge in [0.2, 0.25) is 5.95 Å². The average molecular weight is 431 g/mol. The summed E-state index contributed by atoms with van der Waals surface area (Å²) in [6.45, 7) is 5.71. The maximum Gasteiger partial charge on any atom is 0.232 e. The number of aryl methyl sites for hydroxylation is 2. The molecule has 5 heterocycles. The van der Waals surface area contributed by atoms with Crippen LogP contribution in [0.1, 0.15) is 17.7 Å². The Morgan fingerprint density at radius 2 is 1.88 bits per heavy atom. The van der Waals surface area contributed by atoms with Gasteiger partial charge in [0.15, 0.2) is 0 Å². The molecule has 0 aliphatic carbocycles. The number of hydrogen-bond donors (Lipinski definition) is 2. The number of nitrogens with one attached hydrogen (secondary N) is 2. The van der Waals surface area contributed by atoms with Crippen molar-refractivity contribution < 1.29 is 4.74 Å². The molecule has 2 N–H and O–H groups in total. The largest absolute Gasteiger partial charge is 0.380 e. The molecule has 164 valence electrons. The third-order valence-electron chi connectivity index (χ3n) is 5.52. The highest BCUT2D eigenvalue weighted by atomic mass is 16.5. The molecule has 0 bridgehead atoms. The Bertz CT molecular complexity index is 1230. The van der Waals surface area contributed by atoms with Crippen LogP contribution in [0.25, 0.3) is 5.65 Å². The fourth-order valence-corrected chi connectivity index (χ4v) is 4.00. The lowest BCUT2D eigenvalue weighted by Gasteiger charge is -2.19. The summed E-state index contributed by atoms with van der Waals surface area (Å²) in [6.07, 6.45) is 6.85. The Hall–Kier alpha value is -3.72. The fraction of sp³-hybridized carbons (Fsp3) is 0.304. The molecule has 1 aliphatic heterocycles. The van der Waals surface area contributed by atoms with Gasteiger partial charge in [-0.2, -0.15) is 9.97 Å². The Morgan fingerprint density at radius 3 is 2.69 bits per heavy atom. The molecule has 0 radical (unpaired) electrons. The van der Waals surface area contributed by atoms with E-state index in [2.05, 4.69) is 25.5 Å². The van der Waals surface area contributed by atoms with Crippen molar-refractivity contribution in [1.29, 1.82) is 0 Å². The zero-order chi connectivity index (χ0) is 22.1. The molecule has 4 aromatic rings. The molecule has 0 spiro atoms. The zero-order valence-corrected chi connectivity index (χ0v) is 18.4. The molecule has 9 heteroatoms. The van der Waals surface area contributed by atoms with Crippen LogP contribution >= 0.6 is 0 Å². The molecule has 4 aromatic heterocycles. The monoisotopic (exact) mass is 430 g/mol. The van der Waals surface area contributed by atoms with E-state index in [9.17, 15) is 0 Å². The third kappa shape index (κ3) is 4.33. The molecular formula is C23H26N8O. The van der Waals surface area contributed by atoms with Gasteiger partial charge >= 0.3 is 0 Å². The molecule has 1 saturated heterocycles. The van der Waals surface area contributed by atoms with Gasteiger partial charge < -0.3 is 24.7 Å². The third-order valence-corrected chi connectivity index (χ3v) is 5.52. The van der Waals surface area contributed by atoms with Crippen LogP contribution in [0.3, 0.4) is 0 Å². The minimum atomic E-state index is 0.210. The Kier molecular flexibility index (Phi) is 5.32. The minimum Gasteiger partial charge on any atom is -0.380 e. The summed E-state index contributed by atoms with van der Waals surface area (Å²) in [6, 6.07) is 9.96. The maximum absolute atomic E-state index is 5.54. The standard InChI is InChI=1S/C23H26N8O/c1-15-10-16(2)25-19(11-15)27-23-28-20(13-22(29-23)31-8-5-18(14-31)32-3)26-17-4-7-30-9-6-24-21(30)12-17/h4,6-7,9-13,18H,5,8,14H2,1-3H3,(H2,25,26,27,28,29). The number of ether oxygens (including phenoxy) is 1. The highest BCUT2D eigenvalue weighted by molar-refractivity contribution is 5.66. The topological polar surface area (TPSA) is 92.5 Å². The SMILES string of the molecule is COC1CCN(c2cc(Nc3ccn4ccnc4c3)nc(Nc3cc(C)cc(C)n3)n2)C1. The van der Waals surface area contributed by atoms with Crippen LogP contribution in [0.15, 0.2) is 48.9 Å². The molecular weight excluding hydrogens is 404 g/mol. The van der Waals surface area contributed by atoms with E-state index in [1.165, 1.54) is 0 Å². The van der Waals surface area contributed by atoms with E-state index < -0.39 is 0 Å². The Morgan fingerprint density at radius 1 is 1.00 bits per heavy atom. The number of rotatable bonds is 6. The Labute approximate surface area is 186 Å². The van der Waals surface area contributed by atoms with Crippen LogP contribution in [0, 0.1) is 13.8 Å². The fourth-order valence-electron chi connectivity index (χ4n) is 4.00. The summed E-state index contributed by atoms with van der Waals surface area (Å²) in [5, 5.41) is 6.68. The summed E-state index contributed by atoms with van der Waals surface area (Å²) in [5.74, 6) is 2.75. The normalized spacial score (nSPS) is 16.0. The van der Waals surface area contributed by atoms with Gasteiger partial charge in [0.1, 0.15) is 23.1 Å².